The number of nitrogens with one attached hydrogen (secondary N) is 1. The number of halogens is 2. The van der Waals surface area contributed by atoms with Crippen LogP contribution in [0, 0.1) is 11.7 Å². The minimum absolute atomic E-state index is 0. The molecule has 0 saturated carbocycles. The highest BCUT2D eigenvalue weighted by Gasteiger charge is 2.32. The molecule has 0 spiro atoms. The van der Waals surface area contributed by atoms with Gasteiger partial charge in [0.25, 0.3) is 0 Å². The van der Waals surface area contributed by atoms with Crippen LogP contribution in [0.1, 0.15) is 18.4 Å². The molecule has 1 aromatic rings. The van der Waals surface area contributed by atoms with Crippen molar-refractivity contribution in [1.82, 2.24) is 9.62 Å². The predicted molar refractivity (Wildman–Crippen MR) is 92.6 cm³/mol. The van der Waals surface area contributed by atoms with Crippen molar-refractivity contribution in [3.63, 3.8) is 0 Å². The predicted octanol–water partition coefficient (Wildman–Crippen LogP) is 0.864. The Morgan fingerprint density at radius 2 is 2.17 bits per heavy atom. The Morgan fingerprint density at radius 1 is 1.42 bits per heavy atom. The van der Waals surface area contributed by atoms with Crippen LogP contribution >= 0.6 is 12.4 Å². The maximum Gasteiger partial charge on any atom is 0.224 e. The smallest absolute Gasteiger partial charge is 0.224 e. The van der Waals surface area contributed by atoms with Gasteiger partial charge in [-0.1, -0.05) is 12.1 Å². The first-order valence-electron chi connectivity index (χ1n) is 7.62. The standard InChI is InChI=1S/C15H22FN3O3S.ClH/c16-14-5-1-3-12(9-14)11-23(21,22)19-8-2-4-13(10-19)15(20)18-7-6-17;/h1,3,5,9,13H,2,4,6-8,10-11,17H2,(H,18,20);1H. The van der Waals surface area contributed by atoms with Gasteiger partial charge in [0.05, 0.1) is 11.7 Å². The van der Waals surface area contributed by atoms with Gasteiger partial charge in [-0.25, -0.2) is 17.1 Å². The summed E-state index contributed by atoms with van der Waals surface area (Å²) in [5.74, 6) is -1.25. The summed E-state index contributed by atoms with van der Waals surface area (Å²) in [6, 6.07) is 5.55. The Bertz CT molecular complexity index is 657. The van der Waals surface area contributed by atoms with Crippen molar-refractivity contribution in [1.29, 1.82) is 0 Å². The number of nitrogens with zero attached hydrogens (tertiary/aromatic N) is 1. The first kappa shape index (κ1) is 20.8. The zero-order chi connectivity index (χ0) is 16.9. The second-order valence-electron chi connectivity index (χ2n) is 5.66. The molecule has 6 nitrogen and oxygen atoms in total. The number of sulfonamides is 1. The quantitative estimate of drug-likeness (QED) is 0.766. The van der Waals surface area contributed by atoms with Gasteiger partial charge in [-0.2, -0.15) is 0 Å². The lowest BCUT2D eigenvalue weighted by Crippen LogP contribution is -2.46. The molecule has 1 amide bonds. The molecular weight excluding hydrogens is 357 g/mol. The van der Waals surface area contributed by atoms with Crippen LogP contribution in [-0.4, -0.2) is 44.8 Å². The first-order valence-corrected chi connectivity index (χ1v) is 9.23. The van der Waals surface area contributed by atoms with Gasteiger partial charge in [0, 0.05) is 26.2 Å². The molecule has 1 aliphatic rings. The number of carbonyl (C=O) groups excluding carboxylic acids is 1. The molecule has 1 atom stereocenters. The molecule has 1 saturated heterocycles. The van der Waals surface area contributed by atoms with E-state index in [0.717, 1.165) is 0 Å². The Hall–Kier alpha value is -1.22. The second kappa shape index (κ2) is 9.31. The van der Waals surface area contributed by atoms with E-state index in [1.54, 1.807) is 6.07 Å². The number of rotatable bonds is 6. The molecule has 1 heterocycles. The molecule has 1 fully saturated rings. The van der Waals surface area contributed by atoms with Crippen LogP contribution in [0.25, 0.3) is 0 Å². The zero-order valence-electron chi connectivity index (χ0n) is 13.3. The molecule has 0 bridgehead atoms. The van der Waals surface area contributed by atoms with Gasteiger partial charge >= 0.3 is 0 Å². The molecular formula is C15H23ClFN3O3S. The van der Waals surface area contributed by atoms with Crippen molar-refractivity contribution in [2.24, 2.45) is 11.7 Å². The van der Waals surface area contributed by atoms with Crippen LogP contribution in [0.3, 0.4) is 0 Å². The van der Waals surface area contributed by atoms with Crippen LogP contribution in [0.4, 0.5) is 4.39 Å². The maximum atomic E-state index is 13.2. The average molecular weight is 380 g/mol. The highest BCUT2D eigenvalue weighted by atomic mass is 35.5. The molecule has 0 radical (unpaired) electrons. The minimum Gasteiger partial charge on any atom is -0.355 e. The third-order valence-electron chi connectivity index (χ3n) is 3.83. The molecule has 136 valence electrons. The zero-order valence-corrected chi connectivity index (χ0v) is 14.9. The van der Waals surface area contributed by atoms with E-state index < -0.39 is 15.8 Å². The Labute approximate surface area is 148 Å². The Morgan fingerprint density at radius 3 is 2.83 bits per heavy atom. The number of hydrogen-bond acceptors (Lipinski definition) is 4. The van der Waals surface area contributed by atoms with Crippen LogP contribution in [0.2, 0.25) is 0 Å². The SMILES string of the molecule is Cl.NCCNC(=O)C1CCCN(S(=O)(=O)Cc2cccc(F)c2)C1. The van der Waals surface area contributed by atoms with Crippen LogP contribution < -0.4 is 11.1 Å². The molecule has 2 rings (SSSR count). The minimum atomic E-state index is -3.58. The van der Waals surface area contributed by atoms with E-state index >= 15 is 0 Å². The van der Waals surface area contributed by atoms with Gasteiger partial charge in [0.1, 0.15) is 5.82 Å². The lowest BCUT2D eigenvalue weighted by molar-refractivity contribution is -0.126. The molecule has 24 heavy (non-hydrogen) atoms. The van der Waals surface area contributed by atoms with Gasteiger partial charge < -0.3 is 11.1 Å². The van der Waals surface area contributed by atoms with Gasteiger partial charge in [0.2, 0.25) is 15.9 Å². The van der Waals surface area contributed by atoms with E-state index in [-0.39, 0.29) is 36.5 Å². The number of nitrogens with two attached hydrogens (primary N) is 1. The van der Waals surface area contributed by atoms with E-state index in [9.17, 15) is 17.6 Å². The lowest BCUT2D eigenvalue weighted by Gasteiger charge is -2.31. The van der Waals surface area contributed by atoms with E-state index in [1.165, 1.54) is 22.5 Å². The molecule has 3 N–H and O–H groups in total. The number of amides is 1. The molecule has 1 unspecified atom stereocenters. The van der Waals surface area contributed by atoms with E-state index in [0.29, 0.717) is 38.0 Å². The van der Waals surface area contributed by atoms with Gasteiger partial charge in [0.15, 0.2) is 0 Å². The fourth-order valence-corrected chi connectivity index (χ4v) is 4.28. The average Bonchev–Trinajstić information content (AvgIpc) is 2.52. The van der Waals surface area contributed by atoms with Gasteiger partial charge in [-0.15, -0.1) is 12.4 Å². The van der Waals surface area contributed by atoms with E-state index in [4.69, 9.17) is 5.73 Å². The molecule has 1 aliphatic heterocycles. The maximum absolute atomic E-state index is 13.2. The van der Waals surface area contributed by atoms with E-state index in [1.807, 2.05) is 0 Å². The van der Waals surface area contributed by atoms with Crippen LogP contribution in [0.15, 0.2) is 24.3 Å². The van der Waals surface area contributed by atoms with Gasteiger partial charge in [-0.05, 0) is 30.5 Å². The second-order valence-corrected chi connectivity index (χ2v) is 7.63. The van der Waals surface area contributed by atoms with Gasteiger partial charge in [-0.3, -0.25) is 4.79 Å². The molecule has 1 aromatic carbocycles. The summed E-state index contributed by atoms with van der Waals surface area (Å²) in [7, 11) is -3.58. The summed E-state index contributed by atoms with van der Waals surface area (Å²) < 4.78 is 39.5. The Kier molecular flexibility index (Phi) is 8.08. The van der Waals surface area contributed by atoms with Crippen molar-refractivity contribution in [3.05, 3.63) is 35.6 Å². The lowest BCUT2D eigenvalue weighted by atomic mass is 9.99. The monoisotopic (exact) mass is 379 g/mol. The highest BCUT2D eigenvalue weighted by molar-refractivity contribution is 7.88. The molecule has 9 heteroatoms. The fraction of sp³-hybridized carbons (Fsp3) is 0.533. The summed E-state index contributed by atoms with van der Waals surface area (Å²) in [5.41, 5.74) is 5.75. The number of piperidine rings is 1. The molecule has 0 aliphatic carbocycles. The van der Waals surface area contributed by atoms with Crippen molar-refractivity contribution < 1.29 is 17.6 Å². The largest absolute Gasteiger partial charge is 0.355 e. The van der Waals surface area contributed by atoms with Crippen LogP contribution in [-0.2, 0) is 20.6 Å². The Balaban J connectivity index is 0.00000288. The highest BCUT2D eigenvalue weighted by Crippen LogP contribution is 2.21. The number of carbonyl (C=O) groups is 1. The summed E-state index contributed by atoms with van der Waals surface area (Å²) in [6.45, 7) is 1.28. The summed E-state index contributed by atoms with van der Waals surface area (Å²) >= 11 is 0. The van der Waals surface area contributed by atoms with Crippen molar-refractivity contribution >= 4 is 28.3 Å². The van der Waals surface area contributed by atoms with Crippen molar-refractivity contribution in [2.75, 3.05) is 26.2 Å². The summed E-state index contributed by atoms with van der Waals surface area (Å²) in [6.07, 6.45) is 1.28. The summed E-state index contributed by atoms with van der Waals surface area (Å²) in [4.78, 5) is 12.0. The van der Waals surface area contributed by atoms with E-state index in [2.05, 4.69) is 5.32 Å². The third-order valence-corrected chi connectivity index (χ3v) is 5.65. The summed E-state index contributed by atoms with van der Waals surface area (Å²) in [5, 5.41) is 2.70. The van der Waals surface area contributed by atoms with Crippen LogP contribution in [0.5, 0.6) is 0 Å². The topological polar surface area (TPSA) is 92.5 Å². The fourth-order valence-electron chi connectivity index (χ4n) is 2.68. The third kappa shape index (κ3) is 5.70. The number of hydrogen-bond donors (Lipinski definition) is 2. The van der Waals surface area contributed by atoms with Crippen molar-refractivity contribution in [3.8, 4) is 0 Å². The normalized spacial score (nSPS) is 18.7. The first-order chi connectivity index (χ1) is 10.9. The number of benzene rings is 1. The molecule has 0 aromatic heterocycles. The van der Waals surface area contributed by atoms with Crippen molar-refractivity contribution in [2.45, 2.75) is 18.6 Å².